The minimum atomic E-state index is -1.80. The molecule has 1 aliphatic rings. The molecule has 0 unspecified atom stereocenters. The van der Waals surface area contributed by atoms with Gasteiger partial charge in [0, 0.05) is 0 Å². The highest BCUT2D eigenvalue weighted by Crippen LogP contribution is 2.24. The minimum absolute atomic E-state index is 0.0793. The number of carbonyl (C=O) groups excluding carboxylic acids is 1. The average molecular weight is 414 g/mol. The Balaban J connectivity index is 1.90. The normalized spacial score (nSPS) is 29.1. The number of esters is 1. The molecule has 5 N–H and O–H groups in total. The zero-order chi connectivity index (χ0) is 21.6. The molecule has 2 rings (SSSR count). The number of hydrogen-bond acceptors (Lipinski definition) is 9. The molecular formula is C19H26O10. The first-order valence-electron chi connectivity index (χ1n) is 9.04. The molecule has 1 aromatic rings. The zero-order valence-corrected chi connectivity index (χ0v) is 15.9. The Hall–Kier alpha value is -2.08. The molecule has 1 fully saturated rings. The van der Waals surface area contributed by atoms with Gasteiger partial charge in [0.15, 0.2) is 6.29 Å². The van der Waals surface area contributed by atoms with E-state index in [0.717, 1.165) is 5.56 Å². The first-order valence-corrected chi connectivity index (χ1v) is 9.04. The van der Waals surface area contributed by atoms with Gasteiger partial charge in [-0.3, -0.25) is 9.59 Å². The van der Waals surface area contributed by atoms with E-state index in [1.165, 1.54) is 6.92 Å². The summed E-state index contributed by atoms with van der Waals surface area (Å²) in [5.74, 6) is -2.18. The number of rotatable bonds is 9. The van der Waals surface area contributed by atoms with Crippen LogP contribution in [0.5, 0.6) is 0 Å². The summed E-state index contributed by atoms with van der Waals surface area (Å²) in [7, 11) is 0. The van der Waals surface area contributed by atoms with Crippen LogP contribution in [0.15, 0.2) is 30.3 Å². The van der Waals surface area contributed by atoms with E-state index in [1.54, 1.807) is 24.3 Å². The Morgan fingerprint density at radius 2 is 1.72 bits per heavy atom. The van der Waals surface area contributed by atoms with Gasteiger partial charge in [-0.25, -0.2) is 0 Å². The van der Waals surface area contributed by atoms with Crippen molar-refractivity contribution in [3.05, 3.63) is 35.9 Å². The lowest BCUT2D eigenvalue weighted by molar-refractivity contribution is -0.304. The van der Waals surface area contributed by atoms with Crippen LogP contribution in [0.4, 0.5) is 0 Å². The fourth-order valence-electron chi connectivity index (χ4n) is 2.87. The standard InChI is InChI=1S/C19H26O10/c1-19(26,7-13(20)21)8-14(22)27-10-12-15(23)16(24)17(25)18(29-12)28-9-11-5-3-2-4-6-11/h2-6,12,15-18,23-26H,7-10H2,1H3,(H,20,21)/t12-,15+,16+,17+,18-,19+/m1/s1. The van der Waals surface area contributed by atoms with E-state index in [9.17, 15) is 30.0 Å². The number of carboxylic acids is 1. The first-order chi connectivity index (χ1) is 13.6. The summed E-state index contributed by atoms with van der Waals surface area (Å²) in [6.07, 6.45) is -8.35. The van der Waals surface area contributed by atoms with E-state index >= 15 is 0 Å². The molecule has 0 spiro atoms. The average Bonchev–Trinajstić information content (AvgIpc) is 2.64. The van der Waals surface area contributed by atoms with Crippen molar-refractivity contribution in [1.29, 1.82) is 0 Å². The van der Waals surface area contributed by atoms with E-state index in [-0.39, 0.29) is 6.61 Å². The summed E-state index contributed by atoms with van der Waals surface area (Å²) >= 11 is 0. The smallest absolute Gasteiger partial charge is 0.308 e. The zero-order valence-electron chi connectivity index (χ0n) is 15.9. The quantitative estimate of drug-likeness (QED) is 0.322. The lowest BCUT2D eigenvalue weighted by atomic mass is 9.98. The third-order valence-electron chi connectivity index (χ3n) is 4.39. The second-order valence-corrected chi connectivity index (χ2v) is 7.24. The molecule has 10 nitrogen and oxygen atoms in total. The minimum Gasteiger partial charge on any atom is -0.481 e. The monoisotopic (exact) mass is 414 g/mol. The highest BCUT2D eigenvalue weighted by atomic mass is 16.7. The van der Waals surface area contributed by atoms with E-state index in [2.05, 4.69) is 0 Å². The molecule has 10 heteroatoms. The number of aliphatic carboxylic acids is 1. The molecule has 0 saturated carbocycles. The maximum Gasteiger partial charge on any atom is 0.308 e. The molecular weight excluding hydrogens is 388 g/mol. The summed E-state index contributed by atoms with van der Waals surface area (Å²) in [4.78, 5) is 22.6. The van der Waals surface area contributed by atoms with E-state index in [0.29, 0.717) is 0 Å². The molecule has 29 heavy (non-hydrogen) atoms. The number of aliphatic hydroxyl groups excluding tert-OH is 3. The highest BCUT2D eigenvalue weighted by Gasteiger charge is 2.45. The van der Waals surface area contributed by atoms with Gasteiger partial charge in [0.25, 0.3) is 0 Å². The first kappa shape index (κ1) is 23.2. The number of carbonyl (C=O) groups is 2. The number of carboxylic acid groups (broad SMARTS) is 1. The van der Waals surface area contributed by atoms with Crippen molar-refractivity contribution in [2.75, 3.05) is 6.61 Å². The Kier molecular flexibility index (Phi) is 8.08. The highest BCUT2D eigenvalue weighted by molar-refractivity contribution is 5.73. The lowest BCUT2D eigenvalue weighted by Gasteiger charge is -2.40. The Labute approximate surface area is 167 Å². The molecule has 0 amide bonds. The van der Waals surface area contributed by atoms with Crippen molar-refractivity contribution >= 4 is 11.9 Å². The van der Waals surface area contributed by atoms with Gasteiger partial charge in [-0.1, -0.05) is 30.3 Å². The maximum absolute atomic E-state index is 11.9. The van der Waals surface area contributed by atoms with Crippen molar-refractivity contribution in [3.8, 4) is 0 Å². The summed E-state index contributed by atoms with van der Waals surface area (Å²) in [6.45, 7) is 0.774. The SMILES string of the molecule is C[C@](O)(CC(=O)O)CC(=O)OC[C@H]1O[C@@H](OCc2ccccc2)[C@@H](O)[C@@H](O)[C@H]1O. The molecule has 1 saturated heterocycles. The fourth-order valence-corrected chi connectivity index (χ4v) is 2.87. The topological polar surface area (TPSA) is 163 Å². The number of ether oxygens (including phenoxy) is 3. The molecule has 0 aliphatic carbocycles. The van der Waals surface area contributed by atoms with Crippen LogP contribution in [-0.4, -0.2) is 80.4 Å². The largest absolute Gasteiger partial charge is 0.481 e. The number of hydrogen-bond donors (Lipinski definition) is 5. The summed E-state index contributed by atoms with van der Waals surface area (Å²) < 4.78 is 15.8. The van der Waals surface area contributed by atoms with E-state index < -0.39 is 67.7 Å². The van der Waals surface area contributed by atoms with Gasteiger partial charge >= 0.3 is 11.9 Å². The molecule has 6 atom stereocenters. The van der Waals surface area contributed by atoms with Gasteiger partial charge in [-0.15, -0.1) is 0 Å². The lowest BCUT2D eigenvalue weighted by Crippen LogP contribution is -2.59. The fraction of sp³-hybridized carbons (Fsp3) is 0.579. The molecule has 1 heterocycles. The molecule has 1 aromatic carbocycles. The van der Waals surface area contributed by atoms with Crippen LogP contribution in [0, 0.1) is 0 Å². The van der Waals surface area contributed by atoms with Crippen LogP contribution in [0.1, 0.15) is 25.3 Å². The van der Waals surface area contributed by atoms with Crippen molar-refractivity contribution in [1.82, 2.24) is 0 Å². The Bertz CT molecular complexity index is 677. The third kappa shape index (κ3) is 7.03. The van der Waals surface area contributed by atoms with E-state index in [1.807, 2.05) is 6.07 Å². The van der Waals surface area contributed by atoms with Gasteiger partial charge in [0.05, 0.1) is 25.0 Å². The summed E-state index contributed by atoms with van der Waals surface area (Å²) in [5.41, 5.74) is -1.00. The van der Waals surface area contributed by atoms with E-state index in [4.69, 9.17) is 19.3 Å². The molecule has 0 bridgehead atoms. The van der Waals surface area contributed by atoms with Crippen LogP contribution in [-0.2, 0) is 30.4 Å². The molecule has 162 valence electrons. The van der Waals surface area contributed by atoms with Gasteiger partial charge in [0.1, 0.15) is 31.0 Å². The van der Waals surface area contributed by atoms with Crippen LogP contribution < -0.4 is 0 Å². The molecule has 0 radical (unpaired) electrons. The van der Waals surface area contributed by atoms with Crippen LogP contribution in [0.3, 0.4) is 0 Å². The third-order valence-corrected chi connectivity index (χ3v) is 4.39. The molecule has 0 aromatic heterocycles. The van der Waals surface area contributed by atoms with Crippen molar-refractivity contribution in [2.24, 2.45) is 0 Å². The summed E-state index contributed by atoms with van der Waals surface area (Å²) in [6, 6.07) is 9.02. The van der Waals surface area contributed by atoms with Crippen LogP contribution in [0.2, 0.25) is 0 Å². The second-order valence-electron chi connectivity index (χ2n) is 7.24. The number of benzene rings is 1. The Morgan fingerprint density at radius 3 is 2.34 bits per heavy atom. The second kappa shape index (κ2) is 10.1. The predicted molar refractivity (Wildman–Crippen MR) is 96.4 cm³/mol. The van der Waals surface area contributed by atoms with Crippen LogP contribution in [0.25, 0.3) is 0 Å². The number of aliphatic hydroxyl groups is 4. The van der Waals surface area contributed by atoms with Crippen molar-refractivity contribution < 1.29 is 49.3 Å². The van der Waals surface area contributed by atoms with Crippen LogP contribution >= 0.6 is 0 Å². The van der Waals surface area contributed by atoms with Gasteiger partial charge in [0.2, 0.25) is 0 Å². The van der Waals surface area contributed by atoms with Crippen molar-refractivity contribution in [2.45, 2.75) is 62.7 Å². The van der Waals surface area contributed by atoms with Gasteiger partial charge < -0.3 is 39.7 Å². The maximum atomic E-state index is 11.9. The van der Waals surface area contributed by atoms with Crippen molar-refractivity contribution in [3.63, 3.8) is 0 Å². The van der Waals surface area contributed by atoms with Gasteiger partial charge in [-0.2, -0.15) is 0 Å². The Morgan fingerprint density at radius 1 is 1.07 bits per heavy atom. The summed E-state index contributed by atoms with van der Waals surface area (Å²) in [5, 5.41) is 48.8. The molecule has 1 aliphatic heterocycles. The predicted octanol–water partition coefficient (Wildman–Crippen LogP) is -0.830. The van der Waals surface area contributed by atoms with Gasteiger partial charge in [-0.05, 0) is 12.5 Å².